The first kappa shape index (κ1) is 15.6. The van der Waals surface area contributed by atoms with Crippen LogP contribution in [0.15, 0.2) is 36.7 Å². The molecule has 24 heavy (non-hydrogen) atoms. The molecule has 2 fully saturated rings. The van der Waals surface area contributed by atoms with Crippen LogP contribution in [0.3, 0.4) is 0 Å². The number of aryl methyl sites for hydroxylation is 1. The summed E-state index contributed by atoms with van der Waals surface area (Å²) in [5, 5.41) is 3.40. The molecule has 4 rings (SSSR count). The van der Waals surface area contributed by atoms with Gasteiger partial charge in [-0.2, -0.15) is 0 Å². The number of imidazole rings is 1. The number of halogens is 1. The molecule has 0 aliphatic carbocycles. The average molecular weight is 330 g/mol. The second kappa shape index (κ2) is 6.18. The number of anilines is 1. The Morgan fingerprint density at radius 1 is 1.46 bits per heavy atom. The van der Waals surface area contributed by atoms with Crippen molar-refractivity contribution in [2.45, 2.75) is 31.0 Å². The molecule has 3 heterocycles. The smallest absolute Gasteiger partial charge is 0.125 e. The predicted octanol–water partition coefficient (Wildman–Crippen LogP) is 2.40. The van der Waals surface area contributed by atoms with Gasteiger partial charge in [-0.1, -0.05) is 6.07 Å². The lowest BCUT2D eigenvalue weighted by Gasteiger charge is -2.23. The summed E-state index contributed by atoms with van der Waals surface area (Å²) >= 11 is 0. The van der Waals surface area contributed by atoms with Gasteiger partial charge < -0.3 is 14.6 Å². The van der Waals surface area contributed by atoms with Gasteiger partial charge in [0, 0.05) is 44.6 Å². The standard InChI is InChI=1S/C18H23FN4O/c1-22-8-6-20-17(22)11-23-7-5-18(13-23)10-16(12-24-18)21-15-4-2-3-14(19)9-15/h2-4,6,8-9,16,21H,5,7,10-13H2,1H3/t16-,18+/m1/s1. The Morgan fingerprint density at radius 2 is 2.38 bits per heavy atom. The zero-order valence-corrected chi connectivity index (χ0v) is 13.9. The normalized spacial score (nSPS) is 27.2. The van der Waals surface area contributed by atoms with E-state index in [9.17, 15) is 4.39 Å². The van der Waals surface area contributed by atoms with Crippen LogP contribution in [0, 0.1) is 5.82 Å². The van der Waals surface area contributed by atoms with Crippen molar-refractivity contribution in [1.29, 1.82) is 0 Å². The second-order valence-corrected chi connectivity index (χ2v) is 6.96. The first-order valence-electron chi connectivity index (χ1n) is 8.47. The van der Waals surface area contributed by atoms with Gasteiger partial charge in [0.2, 0.25) is 0 Å². The third kappa shape index (κ3) is 3.16. The highest BCUT2D eigenvalue weighted by Crippen LogP contribution is 2.36. The summed E-state index contributed by atoms with van der Waals surface area (Å²) in [6.45, 7) is 3.49. The second-order valence-electron chi connectivity index (χ2n) is 6.96. The Bertz CT molecular complexity index is 719. The number of ether oxygens (including phenoxy) is 1. The molecular formula is C18H23FN4O. The SMILES string of the molecule is Cn1ccnc1CN1CC[C@]2(C[C@@H](Nc3cccc(F)c3)CO2)C1. The maximum Gasteiger partial charge on any atom is 0.125 e. The molecule has 2 saturated heterocycles. The molecule has 2 aliphatic rings. The number of likely N-dealkylation sites (tertiary alicyclic amines) is 1. The van der Waals surface area contributed by atoms with Crippen molar-refractivity contribution in [3.05, 3.63) is 48.3 Å². The van der Waals surface area contributed by atoms with Gasteiger partial charge in [-0.15, -0.1) is 0 Å². The number of benzene rings is 1. The highest BCUT2D eigenvalue weighted by Gasteiger charge is 2.45. The van der Waals surface area contributed by atoms with Gasteiger partial charge in [-0.05, 0) is 24.6 Å². The van der Waals surface area contributed by atoms with Gasteiger partial charge in [0.05, 0.1) is 24.8 Å². The van der Waals surface area contributed by atoms with Gasteiger partial charge in [0.25, 0.3) is 0 Å². The molecule has 5 nitrogen and oxygen atoms in total. The third-order valence-electron chi connectivity index (χ3n) is 5.09. The third-order valence-corrected chi connectivity index (χ3v) is 5.09. The molecule has 1 aromatic carbocycles. The molecular weight excluding hydrogens is 307 g/mol. The van der Waals surface area contributed by atoms with E-state index in [-0.39, 0.29) is 17.5 Å². The molecule has 1 aromatic heterocycles. The van der Waals surface area contributed by atoms with Crippen molar-refractivity contribution in [3.63, 3.8) is 0 Å². The van der Waals surface area contributed by atoms with Crippen molar-refractivity contribution in [3.8, 4) is 0 Å². The number of nitrogens with one attached hydrogen (secondary N) is 1. The van der Waals surface area contributed by atoms with E-state index in [0.717, 1.165) is 44.0 Å². The molecule has 0 saturated carbocycles. The average Bonchev–Trinajstić information content (AvgIpc) is 3.24. The van der Waals surface area contributed by atoms with Gasteiger partial charge in [-0.3, -0.25) is 4.90 Å². The minimum absolute atomic E-state index is 0.0733. The summed E-state index contributed by atoms with van der Waals surface area (Å²) in [5.74, 6) is 0.871. The van der Waals surface area contributed by atoms with Crippen LogP contribution in [0.5, 0.6) is 0 Å². The molecule has 1 spiro atoms. The van der Waals surface area contributed by atoms with E-state index in [1.807, 2.05) is 25.5 Å². The quantitative estimate of drug-likeness (QED) is 0.935. The number of nitrogens with zero attached hydrogens (tertiary/aromatic N) is 3. The maximum absolute atomic E-state index is 13.3. The molecule has 6 heteroatoms. The Hall–Kier alpha value is -1.92. The fourth-order valence-corrected chi connectivity index (χ4v) is 3.85. The van der Waals surface area contributed by atoms with Gasteiger partial charge in [0.15, 0.2) is 0 Å². The molecule has 128 valence electrons. The summed E-state index contributed by atoms with van der Waals surface area (Å²) in [7, 11) is 2.03. The molecule has 2 atom stereocenters. The summed E-state index contributed by atoms with van der Waals surface area (Å²) < 4.78 is 21.5. The van der Waals surface area contributed by atoms with Crippen LogP contribution >= 0.6 is 0 Å². The molecule has 0 bridgehead atoms. The van der Waals surface area contributed by atoms with Crippen molar-refractivity contribution in [2.75, 3.05) is 25.0 Å². The van der Waals surface area contributed by atoms with Crippen molar-refractivity contribution in [2.24, 2.45) is 7.05 Å². The Morgan fingerprint density at radius 3 is 3.17 bits per heavy atom. The number of rotatable bonds is 4. The van der Waals surface area contributed by atoms with Crippen LogP contribution in [-0.4, -0.2) is 45.8 Å². The summed E-state index contributed by atoms with van der Waals surface area (Å²) in [5.41, 5.74) is 0.749. The molecule has 1 N–H and O–H groups in total. The lowest BCUT2D eigenvalue weighted by atomic mass is 9.97. The van der Waals surface area contributed by atoms with Crippen LogP contribution in [0.25, 0.3) is 0 Å². The van der Waals surface area contributed by atoms with Crippen LogP contribution in [0.2, 0.25) is 0 Å². The highest BCUT2D eigenvalue weighted by atomic mass is 19.1. The van der Waals surface area contributed by atoms with Crippen LogP contribution in [0.1, 0.15) is 18.7 Å². The van der Waals surface area contributed by atoms with E-state index in [1.54, 1.807) is 6.07 Å². The highest BCUT2D eigenvalue weighted by molar-refractivity contribution is 5.44. The van der Waals surface area contributed by atoms with E-state index >= 15 is 0 Å². The Labute approximate surface area is 141 Å². The minimum Gasteiger partial charge on any atom is -0.380 e. The number of hydrogen-bond donors (Lipinski definition) is 1. The molecule has 2 aliphatic heterocycles. The van der Waals surface area contributed by atoms with Gasteiger partial charge in [0.1, 0.15) is 11.6 Å². The largest absolute Gasteiger partial charge is 0.380 e. The van der Waals surface area contributed by atoms with E-state index in [4.69, 9.17) is 4.74 Å². The van der Waals surface area contributed by atoms with Crippen LogP contribution < -0.4 is 5.32 Å². The summed E-state index contributed by atoms with van der Waals surface area (Å²) in [6, 6.07) is 6.86. The topological polar surface area (TPSA) is 42.3 Å². The monoisotopic (exact) mass is 330 g/mol. The predicted molar refractivity (Wildman–Crippen MR) is 90.2 cm³/mol. The lowest BCUT2D eigenvalue weighted by molar-refractivity contribution is 0.0117. The van der Waals surface area contributed by atoms with Crippen molar-refractivity contribution >= 4 is 5.69 Å². The van der Waals surface area contributed by atoms with Gasteiger partial charge >= 0.3 is 0 Å². The fraction of sp³-hybridized carbons (Fsp3) is 0.500. The van der Waals surface area contributed by atoms with Crippen molar-refractivity contribution in [1.82, 2.24) is 14.5 Å². The number of hydrogen-bond acceptors (Lipinski definition) is 4. The zero-order chi connectivity index (χ0) is 16.6. The maximum atomic E-state index is 13.3. The van der Waals surface area contributed by atoms with Crippen LogP contribution in [0.4, 0.5) is 10.1 Å². The Kier molecular flexibility index (Phi) is 4.02. The van der Waals surface area contributed by atoms with Gasteiger partial charge in [-0.25, -0.2) is 9.37 Å². The fourth-order valence-electron chi connectivity index (χ4n) is 3.85. The summed E-state index contributed by atoms with van der Waals surface area (Å²) in [6.07, 6.45) is 5.82. The van der Waals surface area contributed by atoms with Crippen LogP contribution in [-0.2, 0) is 18.3 Å². The number of aromatic nitrogens is 2. The first-order chi connectivity index (χ1) is 11.6. The minimum atomic E-state index is -0.212. The molecule has 0 radical (unpaired) electrons. The molecule has 0 amide bonds. The van der Waals surface area contributed by atoms with E-state index in [0.29, 0.717) is 6.61 Å². The van der Waals surface area contributed by atoms with Crippen molar-refractivity contribution < 1.29 is 9.13 Å². The molecule has 0 unspecified atom stereocenters. The van der Waals surface area contributed by atoms with E-state index < -0.39 is 0 Å². The van der Waals surface area contributed by atoms with E-state index in [1.165, 1.54) is 12.1 Å². The zero-order valence-electron chi connectivity index (χ0n) is 13.9. The Balaban J connectivity index is 1.35. The van der Waals surface area contributed by atoms with E-state index in [2.05, 4.69) is 19.8 Å². The first-order valence-corrected chi connectivity index (χ1v) is 8.47. The lowest BCUT2D eigenvalue weighted by Crippen LogP contribution is -2.33. The summed E-state index contributed by atoms with van der Waals surface area (Å²) in [4.78, 5) is 6.82. The molecule has 2 aromatic rings.